The van der Waals surface area contributed by atoms with Crippen molar-refractivity contribution in [2.24, 2.45) is 0 Å². The molecule has 0 aliphatic heterocycles. The summed E-state index contributed by atoms with van der Waals surface area (Å²) in [6.45, 7) is 0. The van der Waals surface area contributed by atoms with Crippen LogP contribution in [0.4, 0.5) is 5.69 Å². The SMILES string of the molecule is COC(=O)c1ccn2cc([N+](=O)[O-])cc2c1O. The zero-order valence-corrected chi connectivity index (χ0v) is 8.78. The molecule has 7 nitrogen and oxygen atoms in total. The molecule has 1 N–H and O–H groups in total. The predicted octanol–water partition coefficient (Wildman–Crippen LogP) is 1.34. The summed E-state index contributed by atoms with van der Waals surface area (Å²) in [7, 11) is 1.19. The first-order chi connectivity index (χ1) is 8.04. The molecule has 2 heterocycles. The highest BCUT2D eigenvalue weighted by Crippen LogP contribution is 2.28. The van der Waals surface area contributed by atoms with Crippen molar-refractivity contribution >= 4 is 17.2 Å². The fourth-order valence-electron chi connectivity index (χ4n) is 1.52. The summed E-state index contributed by atoms with van der Waals surface area (Å²) in [4.78, 5) is 21.3. The van der Waals surface area contributed by atoms with E-state index in [1.807, 2.05) is 0 Å². The summed E-state index contributed by atoms with van der Waals surface area (Å²) in [6, 6.07) is 2.51. The Hall–Kier alpha value is -2.57. The minimum absolute atomic E-state index is 0.0343. The Labute approximate surface area is 95.0 Å². The van der Waals surface area contributed by atoms with Crippen LogP contribution in [0, 0.1) is 10.1 Å². The second-order valence-corrected chi connectivity index (χ2v) is 3.32. The van der Waals surface area contributed by atoms with Gasteiger partial charge in [0.1, 0.15) is 5.56 Å². The number of hydrogen-bond donors (Lipinski definition) is 1. The standard InChI is InChI=1S/C10H8N2O5/c1-17-10(14)7-2-3-11-5-6(12(15)16)4-8(11)9(7)13/h2-5,13H,1H3. The van der Waals surface area contributed by atoms with E-state index in [2.05, 4.69) is 4.74 Å². The van der Waals surface area contributed by atoms with Gasteiger partial charge in [0, 0.05) is 12.3 Å². The number of nitro groups is 1. The second kappa shape index (κ2) is 3.78. The second-order valence-electron chi connectivity index (χ2n) is 3.32. The topological polar surface area (TPSA) is 94.1 Å². The Morgan fingerprint density at radius 3 is 2.88 bits per heavy atom. The first-order valence-corrected chi connectivity index (χ1v) is 4.61. The highest BCUT2D eigenvalue weighted by atomic mass is 16.6. The van der Waals surface area contributed by atoms with Crippen molar-refractivity contribution in [3.8, 4) is 5.75 Å². The number of fused-ring (bicyclic) bond motifs is 1. The molecule has 0 saturated carbocycles. The third-order valence-electron chi connectivity index (χ3n) is 2.35. The van der Waals surface area contributed by atoms with Crippen molar-refractivity contribution in [3.63, 3.8) is 0 Å². The molecule has 17 heavy (non-hydrogen) atoms. The van der Waals surface area contributed by atoms with Crippen LogP contribution in [0.5, 0.6) is 5.75 Å². The molecular formula is C10H8N2O5. The summed E-state index contributed by atoms with van der Waals surface area (Å²) in [5.41, 5.74) is -0.0186. The summed E-state index contributed by atoms with van der Waals surface area (Å²) in [5.74, 6) is -1.04. The molecule has 0 bridgehead atoms. The largest absolute Gasteiger partial charge is 0.505 e. The van der Waals surface area contributed by atoms with Gasteiger partial charge in [-0.25, -0.2) is 4.79 Å². The van der Waals surface area contributed by atoms with E-state index in [4.69, 9.17) is 0 Å². The average Bonchev–Trinajstić information content (AvgIpc) is 2.73. The zero-order chi connectivity index (χ0) is 12.6. The van der Waals surface area contributed by atoms with Gasteiger partial charge in [-0.15, -0.1) is 0 Å². The van der Waals surface area contributed by atoms with Crippen molar-refractivity contribution in [3.05, 3.63) is 40.2 Å². The Balaban J connectivity index is 2.67. The van der Waals surface area contributed by atoms with Gasteiger partial charge >= 0.3 is 5.97 Å². The van der Waals surface area contributed by atoms with E-state index < -0.39 is 10.9 Å². The summed E-state index contributed by atoms with van der Waals surface area (Å²) in [6.07, 6.45) is 2.68. The molecule has 0 saturated heterocycles. The van der Waals surface area contributed by atoms with E-state index in [-0.39, 0.29) is 22.5 Å². The van der Waals surface area contributed by atoms with Crippen LogP contribution in [-0.2, 0) is 4.74 Å². The zero-order valence-electron chi connectivity index (χ0n) is 8.78. The van der Waals surface area contributed by atoms with Crippen LogP contribution in [0.15, 0.2) is 24.5 Å². The van der Waals surface area contributed by atoms with Crippen molar-refractivity contribution in [1.82, 2.24) is 4.40 Å². The lowest BCUT2D eigenvalue weighted by atomic mass is 10.2. The van der Waals surface area contributed by atoms with Crippen LogP contribution in [0.3, 0.4) is 0 Å². The van der Waals surface area contributed by atoms with Crippen LogP contribution in [0.1, 0.15) is 10.4 Å². The summed E-state index contributed by atoms with van der Waals surface area (Å²) < 4.78 is 5.84. The monoisotopic (exact) mass is 236 g/mol. The molecule has 0 spiro atoms. The van der Waals surface area contributed by atoms with Crippen LogP contribution < -0.4 is 0 Å². The molecule has 0 radical (unpaired) electrons. The number of aromatic nitrogens is 1. The molecule has 2 aromatic rings. The van der Waals surface area contributed by atoms with E-state index in [0.29, 0.717) is 0 Å². The molecule has 7 heteroatoms. The maximum atomic E-state index is 11.3. The quantitative estimate of drug-likeness (QED) is 0.482. The molecule has 0 fully saturated rings. The van der Waals surface area contributed by atoms with E-state index in [9.17, 15) is 20.0 Å². The number of rotatable bonds is 2. The Morgan fingerprint density at radius 2 is 2.29 bits per heavy atom. The lowest BCUT2D eigenvalue weighted by Crippen LogP contribution is -2.02. The van der Waals surface area contributed by atoms with Gasteiger partial charge in [-0.1, -0.05) is 0 Å². The molecule has 0 aliphatic rings. The maximum Gasteiger partial charge on any atom is 0.341 e. The van der Waals surface area contributed by atoms with Gasteiger partial charge < -0.3 is 14.2 Å². The van der Waals surface area contributed by atoms with Gasteiger partial charge in [-0.3, -0.25) is 10.1 Å². The van der Waals surface area contributed by atoms with Crippen LogP contribution >= 0.6 is 0 Å². The van der Waals surface area contributed by atoms with Gasteiger partial charge in [0.2, 0.25) is 0 Å². The number of ether oxygens (including phenoxy) is 1. The van der Waals surface area contributed by atoms with Gasteiger partial charge in [0.25, 0.3) is 5.69 Å². The highest BCUT2D eigenvalue weighted by Gasteiger charge is 2.18. The fourth-order valence-corrected chi connectivity index (χ4v) is 1.52. The highest BCUT2D eigenvalue weighted by molar-refractivity contribution is 5.95. The smallest absolute Gasteiger partial charge is 0.341 e. The Bertz CT molecular complexity index is 616. The first-order valence-electron chi connectivity index (χ1n) is 4.61. The van der Waals surface area contributed by atoms with E-state index in [1.54, 1.807) is 0 Å². The lowest BCUT2D eigenvalue weighted by molar-refractivity contribution is -0.384. The van der Waals surface area contributed by atoms with E-state index in [1.165, 1.54) is 36.0 Å². The Kier molecular flexibility index (Phi) is 2.43. The van der Waals surface area contributed by atoms with Crippen LogP contribution in [0.2, 0.25) is 0 Å². The molecule has 2 aromatic heterocycles. The summed E-state index contributed by atoms with van der Waals surface area (Å²) in [5, 5.41) is 20.4. The minimum Gasteiger partial charge on any atom is -0.505 e. The number of esters is 1. The predicted molar refractivity (Wildman–Crippen MR) is 57.1 cm³/mol. The van der Waals surface area contributed by atoms with E-state index in [0.717, 1.165) is 0 Å². The Morgan fingerprint density at radius 1 is 1.59 bits per heavy atom. The normalized spacial score (nSPS) is 10.4. The molecule has 88 valence electrons. The summed E-state index contributed by atoms with van der Waals surface area (Å²) >= 11 is 0. The molecule has 2 rings (SSSR count). The van der Waals surface area contributed by atoms with Crippen LogP contribution in [0.25, 0.3) is 5.52 Å². The fraction of sp³-hybridized carbons (Fsp3) is 0.100. The van der Waals surface area contributed by atoms with Crippen molar-refractivity contribution in [1.29, 1.82) is 0 Å². The molecule has 0 aliphatic carbocycles. The number of carbonyl (C=O) groups excluding carboxylic acids is 1. The number of aromatic hydroxyl groups is 1. The number of pyridine rings is 1. The van der Waals surface area contributed by atoms with Gasteiger partial charge in [0.05, 0.1) is 23.7 Å². The molecule has 0 aromatic carbocycles. The van der Waals surface area contributed by atoms with Gasteiger partial charge in [-0.05, 0) is 6.07 Å². The lowest BCUT2D eigenvalue weighted by Gasteiger charge is -2.03. The number of nitrogens with zero attached hydrogens (tertiary/aromatic N) is 2. The van der Waals surface area contributed by atoms with Gasteiger partial charge in [-0.2, -0.15) is 0 Å². The third kappa shape index (κ3) is 1.67. The first kappa shape index (κ1) is 10.9. The van der Waals surface area contributed by atoms with Gasteiger partial charge in [0.15, 0.2) is 5.75 Å². The number of hydrogen-bond acceptors (Lipinski definition) is 5. The van der Waals surface area contributed by atoms with Crippen molar-refractivity contribution < 1.29 is 19.6 Å². The van der Waals surface area contributed by atoms with Crippen LogP contribution in [-0.4, -0.2) is 27.5 Å². The number of carbonyl (C=O) groups is 1. The molecule has 0 unspecified atom stereocenters. The third-order valence-corrected chi connectivity index (χ3v) is 2.35. The molecule has 0 amide bonds. The molecular weight excluding hydrogens is 228 g/mol. The van der Waals surface area contributed by atoms with E-state index >= 15 is 0 Å². The van der Waals surface area contributed by atoms with Crippen molar-refractivity contribution in [2.75, 3.05) is 7.11 Å². The molecule has 0 atom stereocenters. The average molecular weight is 236 g/mol. The maximum absolute atomic E-state index is 11.3. The number of methoxy groups -OCH3 is 1. The minimum atomic E-state index is -0.700. The van der Waals surface area contributed by atoms with Crippen molar-refractivity contribution in [2.45, 2.75) is 0 Å².